The Morgan fingerprint density at radius 3 is 1.37 bits per heavy atom. The van der Waals surface area contributed by atoms with Crippen molar-refractivity contribution < 1.29 is 32.8 Å². The molecule has 0 bridgehead atoms. The van der Waals surface area contributed by atoms with Crippen molar-refractivity contribution in [1.82, 2.24) is 0 Å². The number of phosphoric acid groups is 1. The summed E-state index contributed by atoms with van der Waals surface area (Å²) < 4.78 is 33.2. The lowest BCUT2D eigenvalue weighted by Gasteiger charge is -2.19. The molecule has 0 radical (unpaired) electrons. The number of allylic oxidation sites excluding steroid dienone is 5. The monoisotopic (exact) mass is 784 g/mol. The first-order chi connectivity index (χ1) is 26.4. The second kappa shape index (κ2) is 42.7. The van der Waals surface area contributed by atoms with Crippen molar-refractivity contribution in [3.05, 3.63) is 36.6 Å². The number of phosphoric ester groups is 1. The average molecular weight is 784 g/mol. The number of esters is 1. The molecule has 54 heavy (non-hydrogen) atoms. The maximum atomic E-state index is 12.6. The SMILES string of the molecule is CCCCCCCC/C=C\CCCCCC/C=C\OC[C@H](COP(=O)(O)OCCN)OC(=O)CCCCCCCCCCC/C=C\CCCCCCCC. The van der Waals surface area contributed by atoms with Gasteiger partial charge in [0.25, 0.3) is 0 Å². The minimum Gasteiger partial charge on any atom is -0.498 e. The van der Waals surface area contributed by atoms with Crippen LogP contribution in [0.5, 0.6) is 0 Å². The molecule has 0 saturated carbocycles. The number of nitrogens with two attached hydrogens (primary N) is 1. The number of carbonyl (C=O) groups excluding carboxylic acids is 1. The molecule has 9 heteroatoms. The standard InChI is InChI=1S/C45H86NO7P/c1-3-5-7-9-11-13-15-17-19-21-22-23-24-26-28-30-32-34-36-38-45(47)53-44(43-52-54(48,49)51-41-39-46)42-50-40-37-35-33-31-29-27-25-20-18-16-14-12-10-8-6-4-2/h17-20,37,40,44H,3-16,21-36,38-39,41-43,46H2,1-2H3,(H,48,49)/b19-17-,20-18-,40-37-/t44-/m1/s1. The van der Waals surface area contributed by atoms with Crippen LogP contribution in [0.2, 0.25) is 0 Å². The van der Waals surface area contributed by atoms with Gasteiger partial charge in [0.05, 0.1) is 19.5 Å². The molecule has 0 amide bonds. The van der Waals surface area contributed by atoms with Crippen molar-refractivity contribution in [2.45, 2.75) is 219 Å². The lowest BCUT2D eigenvalue weighted by atomic mass is 10.1. The molecular weight excluding hydrogens is 697 g/mol. The van der Waals surface area contributed by atoms with Crippen LogP contribution in [-0.2, 0) is 27.9 Å². The smallest absolute Gasteiger partial charge is 0.472 e. The molecule has 0 fully saturated rings. The lowest BCUT2D eigenvalue weighted by molar-refractivity contribution is -0.153. The molecule has 3 N–H and O–H groups in total. The molecule has 318 valence electrons. The fourth-order valence-electron chi connectivity index (χ4n) is 6.25. The highest BCUT2D eigenvalue weighted by molar-refractivity contribution is 7.47. The lowest BCUT2D eigenvalue weighted by Crippen LogP contribution is -2.27. The fraction of sp³-hybridized carbons (Fsp3) is 0.844. The maximum absolute atomic E-state index is 12.6. The highest BCUT2D eigenvalue weighted by atomic mass is 31.2. The van der Waals surface area contributed by atoms with Gasteiger partial charge in [-0.15, -0.1) is 0 Å². The van der Waals surface area contributed by atoms with Gasteiger partial charge in [-0.1, -0.05) is 160 Å². The van der Waals surface area contributed by atoms with Gasteiger partial charge in [0.15, 0.2) is 6.10 Å². The van der Waals surface area contributed by atoms with E-state index in [1.807, 2.05) is 6.08 Å². The maximum Gasteiger partial charge on any atom is 0.472 e. The number of unbranched alkanes of at least 4 members (excludes halogenated alkanes) is 26. The van der Waals surface area contributed by atoms with E-state index in [9.17, 15) is 14.3 Å². The minimum atomic E-state index is -4.29. The second-order valence-corrected chi connectivity index (χ2v) is 16.4. The van der Waals surface area contributed by atoms with Crippen molar-refractivity contribution in [2.24, 2.45) is 5.73 Å². The number of hydrogen-bond acceptors (Lipinski definition) is 7. The number of ether oxygens (including phenoxy) is 2. The zero-order valence-electron chi connectivity index (χ0n) is 35.2. The normalized spacial score (nSPS) is 13.7. The molecule has 0 aliphatic carbocycles. The summed E-state index contributed by atoms with van der Waals surface area (Å²) in [5, 5.41) is 0. The predicted octanol–water partition coefficient (Wildman–Crippen LogP) is 13.8. The molecule has 0 aromatic carbocycles. The fourth-order valence-corrected chi connectivity index (χ4v) is 7.01. The van der Waals surface area contributed by atoms with Gasteiger partial charge in [-0.2, -0.15) is 0 Å². The van der Waals surface area contributed by atoms with Crippen LogP contribution in [0, 0.1) is 0 Å². The van der Waals surface area contributed by atoms with Gasteiger partial charge in [0.1, 0.15) is 6.61 Å². The topological polar surface area (TPSA) is 117 Å². The second-order valence-electron chi connectivity index (χ2n) is 15.0. The molecule has 0 aromatic rings. The van der Waals surface area contributed by atoms with E-state index in [1.54, 1.807) is 6.26 Å². The van der Waals surface area contributed by atoms with Gasteiger partial charge in [0, 0.05) is 13.0 Å². The third-order valence-corrected chi connectivity index (χ3v) is 10.6. The van der Waals surface area contributed by atoms with E-state index < -0.39 is 13.9 Å². The van der Waals surface area contributed by atoms with Crippen molar-refractivity contribution in [1.29, 1.82) is 0 Å². The third-order valence-electron chi connectivity index (χ3n) is 9.59. The van der Waals surface area contributed by atoms with Gasteiger partial charge < -0.3 is 20.1 Å². The Balaban J connectivity index is 4.06. The van der Waals surface area contributed by atoms with Crippen LogP contribution in [0.15, 0.2) is 36.6 Å². The number of hydrogen-bond donors (Lipinski definition) is 2. The van der Waals surface area contributed by atoms with Crippen LogP contribution in [0.3, 0.4) is 0 Å². The van der Waals surface area contributed by atoms with Crippen LogP contribution < -0.4 is 5.73 Å². The van der Waals surface area contributed by atoms with Crippen molar-refractivity contribution >= 4 is 13.8 Å². The van der Waals surface area contributed by atoms with Gasteiger partial charge in [-0.25, -0.2) is 4.57 Å². The Hall–Kier alpha value is -1.44. The first kappa shape index (κ1) is 52.6. The van der Waals surface area contributed by atoms with Crippen LogP contribution in [0.1, 0.15) is 213 Å². The van der Waals surface area contributed by atoms with Gasteiger partial charge >= 0.3 is 13.8 Å². The molecule has 8 nitrogen and oxygen atoms in total. The number of carbonyl (C=O) groups is 1. The van der Waals surface area contributed by atoms with Crippen LogP contribution in [0.25, 0.3) is 0 Å². The Kier molecular flexibility index (Phi) is 41.6. The minimum absolute atomic E-state index is 0.0275. The highest BCUT2D eigenvalue weighted by Gasteiger charge is 2.25. The molecule has 2 atom stereocenters. The highest BCUT2D eigenvalue weighted by Crippen LogP contribution is 2.43. The summed E-state index contributed by atoms with van der Waals surface area (Å²) in [7, 11) is -4.29. The first-order valence-electron chi connectivity index (χ1n) is 22.5. The molecular formula is C45H86NO7P. The largest absolute Gasteiger partial charge is 0.498 e. The predicted molar refractivity (Wildman–Crippen MR) is 229 cm³/mol. The summed E-state index contributed by atoms with van der Waals surface area (Å²) in [5.74, 6) is -0.356. The average Bonchev–Trinajstić information content (AvgIpc) is 3.16. The third kappa shape index (κ3) is 41.7. The van der Waals surface area contributed by atoms with E-state index in [0.717, 1.165) is 38.5 Å². The van der Waals surface area contributed by atoms with Crippen LogP contribution >= 0.6 is 7.82 Å². The van der Waals surface area contributed by atoms with E-state index in [1.165, 1.54) is 154 Å². The Morgan fingerprint density at radius 2 is 0.944 bits per heavy atom. The summed E-state index contributed by atoms with van der Waals surface area (Å²) in [6.45, 7) is 4.23. The van der Waals surface area contributed by atoms with E-state index in [2.05, 4.69) is 38.2 Å². The first-order valence-corrected chi connectivity index (χ1v) is 24.0. The molecule has 0 rings (SSSR count). The van der Waals surface area contributed by atoms with Crippen molar-refractivity contribution in [3.63, 3.8) is 0 Å². The van der Waals surface area contributed by atoms with Crippen LogP contribution in [0.4, 0.5) is 0 Å². The van der Waals surface area contributed by atoms with Crippen LogP contribution in [-0.4, -0.2) is 43.3 Å². The zero-order valence-corrected chi connectivity index (χ0v) is 36.1. The van der Waals surface area contributed by atoms with E-state index in [0.29, 0.717) is 6.42 Å². The number of rotatable bonds is 43. The molecule has 0 heterocycles. The quantitative estimate of drug-likeness (QED) is 0.0206. The van der Waals surface area contributed by atoms with Gasteiger partial charge in [-0.3, -0.25) is 13.8 Å². The zero-order chi connectivity index (χ0) is 39.5. The molecule has 1 unspecified atom stereocenters. The van der Waals surface area contributed by atoms with E-state index in [4.69, 9.17) is 24.3 Å². The summed E-state index contributed by atoms with van der Waals surface area (Å²) in [6.07, 6.45) is 49.7. The Labute approximate surface area is 333 Å². The van der Waals surface area contributed by atoms with E-state index in [-0.39, 0.29) is 32.3 Å². The Morgan fingerprint density at radius 1 is 0.556 bits per heavy atom. The molecule has 0 aromatic heterocycles. The molecule has 0 aliphatic heterocycles. The van der Waals surface area contributed by atoms with Gasteiger partial charge in [0.2, 0.25) is 0 Å². The Bertz CT molecular complexity index is 926. The van der Waals surface area contributed by atoms with Gasteiger partial charge in [-0.05, 0) is 76.7 Å². The van der Waals surface area contributed by atoms with Crippen molar-refractivity contribution in [3.8, 4) is 0 Å². The summed E-state index contributed by atoms with van der Waals surface area (Å²) in [4.78, 5) is 22.5. The summed E-state index contributed by atoms with van der Waals surface area (Å²) in [5.41, 5.74) is 5.37. The molecule has 0 saturated heterocycles. The van der Waals surface area contributed by atoms with E-state index >= 15 is 0 Å². The summed E-state index contributed by atoms with van der Waals surface area (Å²) in [6, 6.07) is 0. The van der Waals surface area contributed by atoms with Crippen molar-refractivity contribution in [2.75, 3.05) is 26.4 Å². The molecule has 0 spiro atoms. The molecule has 0 aliphatic rings. The summed E-state index contributed by atoms with van der Waals surface area (Å²) >= 11 is 0.